The Morgan fingerprint density at radius 2 is 1.42 bits per heavy atom. The van der Waals surface area contributed by atoms with Crippen molar-refractivity contribution in [3.05, 3.63) is 23.8 Å². The highest BCUT2D eigenvalue weighted by atomic mass is 32.3. The van der Waals surface area contributed by atoms with Crippen molar-refractivity contribution in [3.63, 3.8) is 0 Å². The predicted octanol–water partition coefficient (Wildman–Crippen LogP) is 4.76. The number of benzene rings is 1. The van der Waals surface area contributed by atoms with Crippen LogP contribution in [0.15, 0.2) is 18.2 Å². The molecular weight excluding hydrogens is 360 g/mol. The summed E-state index contributed by atoms with van der Waals surface area (Å²) in [6.45, 7) is 4.86. The zero-order valence-corrected chi connectivity index (χ0v) is 16.8. The van der Waals surface area contributed by atoms with E-state index in [2.05, 4.69) is 6.92 Å². The second-order valence-electron chi connectivity index (χ2n) is 5.51. The molecule has 1 aromatic rings. The Bertz CT molecular complexity index is 544. The van der Waals surface area contributed by atoms with E-state index >= 15 is 0 Å². The van der Waals surface area contributed by atoms with Crippen LogP contribution in [0.4, 0.5) is 0 Å². The normalized spacial score (nSPS) is 10.0. The molecular formula is C17H36N2O6S. The van der Waals surface area contributed by atoms with Gasteiger partial charge in [0.1, 0.15) is 11.5 Å². The molecule has 0 radical (unpaired) electrons. The van der Waals surface area contributed by atoms with Crippen LogP contribution in [-0.4, -0.2) is 29.2 Å². The summed E-state index contributed by atoms with van der Waals surface area (Å²) in [6.07, 6.45) is 9.94. The van der Waals surface area contributed by atoms with E-state index in [1.165, 1.54) is 38.5 Å². The van der Waals surface area contributed by atoms with E-state index in [0.717, 1.165) is 24.2 Å². The lowest BCUT2D eigenvalue weighted by atomic mass is 10.0. The maximum absolute atomic E-state index is 9.91. The summed E-state index contributed by atoms with van der Waals surface area (Å²) in [7, 11) is -4.67. The maximum atomic E-state index is 9.91. The van der Waals surface area contributed by atoms with Gasteiger partial charge in [-0.15, -0.1) is 0 Å². The molecule has 0 unspecified atom stereocenters. The second kappa shape index (κ2) is 17.0. The van der Waals surface area contributed by atoms with Crippen LogP contribution >= 0.6 is 0 Å². The van der Waals surface area contributed by atoms with E-state index in [9.17, 15) is 5.11 Å². The average Bonchev–Trinajstić information content (AvgIpc) is 2.47. The summed E-state index contributed by atoms with van der Waals surface area (Å²) in [5.74, 6) is 1.21. The Kier molecular flexibility index (Phi) is 19.3. The van der Waals surface area contributed by atoms with Gasteiger partial charge in [-0.25, -0.2) is 0 Å². The number of hydrogen-bond acceptors (Lipinski definition) is 6. The third-order valence-electron chi connectivity index (χ3n) is 3.44. The molecule has 0 heterocycles. The Balaban J connectivity index is -0.000000668. The highest BCUT2D eigenvalue weighted by Gasteiger charge is 2.08. The number of ether oxygens (including phenoxy) is 1. The molecule has 26 heavy (non-hydrogen) atoms. The molecule has 0 saturated heterocycles. The highest BCUT2D eigenvalue weighted by Crippen LogP contribution is 2.29. The van der Waals surface area contributed by atoms with Crippen LogP contribution in [-0.2, 0) is 16.8 Å². The van der Waals surface area contributed by atoms with Gasteiger partial charge in [0.05, 0.1) is 6.61 Å². The smallest absolute Gasteiger partial charge is 0.394 e. The van der Waals surface area contributed by atoms with Crippen LogP contribution in [0.2, 0.25) is 0 Å². The molecule has 1 aromatic carbocycles. The summed E-state index contributed by atoms with van der Waals surface area (Å²) in [5.41, 5.74) is 0.970. The van der Waals surface area contributed by atoms with E-state index < -0.39 is 10.4 Å². The van der Waals surface area contributed by atoms with Gasteiger partial charge in [-0.1, -0.05) is 51.5 Å². The maximum Gasteiger partial charge on any atom is 0.394 e. The predicted molar refractivity (Wildman–Crippen MR) is 105 cm³/mol. The minimum absolute atomic E-state index is 0. The van der Waals surface area contributed by atoms with Gasteiger partial charge >= 0.3 is 10.4 Å². The summed E-state index contributed by atoms with van der Waals surface area (Å²) >= 11 is 0. The first kappa shape index (κ1) is 29.4. The number of phenols is 1. The molecule has 8 nitrogen and oxygen atoms in total. The van der Waals surface area contributed by atoms with E-state index in [1.54, 1.807) is 6.07 Å². The fraction of sp³-hybridized carbons (Fsp3) is 0.647. The van der Waals surface area contributed by atoms with Gasteiger partial charge in [0.25, 0.3) is 0 Å². The Hall–Kier alpha value is -1.39. The van der Waals surface area contributed by atoms with Gasteiger partial charge in [-0.05, 0) is 31.9 Å². The molecule has 0 aliphatic rings. The molecule has 0 spiro atoms. The lowest BCUT2D eigenvalue weighted by Gasteiger charge is -2.11. The summed E-state index contributed by atoms with van der Waals surface area (Å²) < 4.78 is 37.2. The van der Waals surface area contributed by atoms with Crippen molar-refractivity contribution in [2.75, 3.05) is 6.61 Å². The first-order valence-electron chi connectivity index (χ1n) is 8.43. The van der Waals surface area contributed by atoms with Crippen molar-refractivity contribution in [2.24, 2.45) is 0 Å². The Morgan fingerprint density at radius 3 is 1.92 bits per heavy atom. The molecule has 0 amide bonds. The molecule has 0 saturated carbocycles. The van der Waals surface area contributed by atoms with Gasteiger partial charge < -0.3 is 22.1 Å². The number of unbranched alkanes of at least 4 members (excludes halogenated alkanes) is 6. The van der Waals surface area contributed by atoms with Gasteiger partial charge in [-0.2, -0.15) is 8.42 Å². The quantitative estimate of drug-likeness (QED) is 0.278. The van der Waals surface area contributed by atoms with Crippen LogP contribution in [0, 0.1) is 0 Å². The molecule has 0 bridgehead atoms. The minimum atomic E-state index is -4.67. The van der Waals surface area contributed by atoms with E-state index in [1.807, 2.05) is 19.1 Å². The second-order valence-corrected chi connectivity index (χ2v) is 6.40. The van der Waals surface area contributed by atoms with Gasteiger partial charge in [0, 0.05) is 5.56 Å². The first-order valence-corrected chi connectivity index (χ1v) is 9.82. The van der Waals surface area contributed by atoms with Gasteiger partial charge in [-0.3, -0.25) is 9.11 Å². The zero-order valence-electron chi connectivity index (χ0n) is 16.0. The molecule has 156 valence electrons. The molecule has 0 aliphatic carbocycles. The summed E-state index contributed by atoms with van der Waals surface area (Å²) in [4.78, 5) is 0. The van der Waals surface area contributed by atoms with Crippen molar-refractivity contribution in [3.8, 4) is 11.5 Å². The van der Waals surface area contributed by atoms with Crippen LogP contribution in [0.5, 0.6) is 11.5 Å². The Labute approximate surface area is 157 Å². The number of aromatic hydroxyl groups is 1. The molecule has 0 aromatic heterocycles. The third-order valence-corrected chi connectivity index (χ3v) is 3.44. The SMILES string of the molecule is CCCCCCCCCc1c(O)cccc1OCC.N.N.O=S(=O)(O)O. The lowest BCUT2D eigenvalue weighted by molar-refractivity contribution is 0.332. The largest absolute Gasteiger partial charge is 0.508 e. The number of hydrogen-bond donors (Lipinski definition) is 5. The molecule has 9 heteroatoms. The van der Waals surface area contributed by atoms with Crippen LogP contribution < -0.4 is 17.0 Å². The average molecular weight is 397 g/mol. The van der Waals surface area contributed by atoms with E-state index in [-0.39, 0.29) is 12.3 Å². The minimum Gasteiger partial charge on any atom is -0.508 e. The van der Waals surface area contributed by atoms with Crippen molar-refractivity contribution in [1.82, 2.24) is 12.3 Å². The van der Waals surface area contributed by atoms with Crippen molar-refractivity contribution >= 4 is 10.4 Å². The van der Waals surface area contributed by atoms with E-state index in [0.29, 0.717) is 12.4 Å². The molecule has 0 fully saturated rings. The summed E-state index contributed by atoms with van der Waals surface area (Å²) in [5, 5.41) is 9.91. The first-order chi connectivity index (χ1) is 11.3. The van der Waals surface area contributed by atoms with Gasteiger partial charge in [0.15, 0.2) is 0 Å². The number of phenolic OH excluding ortho intramolecular Hbond substituents is 1. The monoisotopic (exact) mass is 396 g/mol. The van der Waals surface area contributed by atoms with Gasteiger partial charge in [0.2, 0.25) is 0 Å². The zero-order chi connectivity index (χ0) is 18.4. The van der Waals surface area contributed by atoms with Crippen molar-refractivity contribution < 1.29 is 27.4 Å². The molecule has 1 rings (SSSR count). The lowest BCUT2D eigenvalue weighted by Crippen LogP contribution is -1.97. The van der Waals surface area contributed by atoms with Crippen LogP contribution in [0.1, 0.15) is 64.4 Å². The fourth-order valence-corrected chi connectivity index (χ4v) is 2.35. The molecule has 0 aliphatic heterocycles. The number of rotatable bonds is 10. The molecule has 0 atom stereocenters. The van der Waals surface area contributed by atoms with E-state index in [4.69, 9.17) is 22.3 Å². The van der Waals surface area contributed by atoms with Crippen LogP contribution in [0.3, 0.4) is 0 Å². The standard InChI is InChI=1S/C17H28O2.2H3N.H2O4S/c1-3-5-6-7-8-9-10-12-15-16(18)13-11-14-17(15)19-4-2;;;1-5(2,3)4/h11,13-14,18H,3-10,12H2,1-2H3;2*1H3;(H2,1,2,3,4). The Morgan fingerprint density at radius 1 is 0.923 bits per heavy atom. The fourth-order valence-electron chi connectivity index (χ4n) is 2.35. The third kappa shape index (κ3) is 17.4. The topological polar surface area (TPSA) is 174 Å². The summed E-state index contributed by atoms with van der Waals surface area (Å²) in [6, 6.07) is 5.54. The van der Waals surface area contributed by atoms with Crippen molar-refractivity contribution in [2.45, 2.75) is 65.2 Å². The van der Waals surface area contributed by atoms with Crippen molar-refractivity contribution in [1.29, 1.82) is 0 Å². The molecule has 9 N–H and O–H groups in total. The van der Waals surface area contributed by atoms with Crippen LogP contribution in [0.25, 0.3) is 0 Å². The highest BCUT2D eigenvalue weighted by molar-refractivity contribution is 7.79.